The monoisotopic (exact) mass is 509 g/mol. The van der Waals surface area contributed by atoms with Crippen molar-refractivity contribution in [3.63, 3.8) is 0 Å². The van der Waals surface area contributed by atoms with Crippen molar-refractivity contribution in [2.75, 3.05) is 19.5 Å². The van der Waals surface area contributed by atoms with E-state index in [1.165, 1.54) is 37.0 Å². The van der Waals surface area contributed by atoms with Crippen LogP contribution in [0.15, 0.2) is 75.2 Å². The Balaban J connectivity index is 1.94. The van der Waals surface area contributed by atoms with Gasteiger partial charge in [-0.25, -0.2) is 13.2 Å². The number of methoxy groups -OCH3 is 2. The number of carbonyl (C=O) groups excluding carboxylic acids is 1. The van der Waals surface area contributed by atoms with Gasteiger partial charge in [-0.1, -0.05) is 6.07 Å². The number of imidazole rings is 1. The smallest absolute Gasteiger partial charge is 0.329 e. The molecule has 0 aliphatic carbocycles. The van der Waals surface area contributed by atoms with Crippen molar-refractivity contribution in [3.8, 4) is 11.5 Å². The number of carbonyl (C=O) groups is 1. The van der Waals surface area contributed by atoms with E-state index in [0.29, 0.717) is 41.2 Å². The molecule has 0 saturated heterocycles. The first-order chi connectivity index (χ1) is 17.2. The fourth-order valence-corrected chi connectivity index (χ4v) is 5.53. The number of aromatic nitrogens is 2. The van der Waals surface area contributed by atoms with Gasteiger partial charge in [0.2, 0.25) is 9.84 Å². The molecule has 0 spiro atoms. The van der Waals surface area contributed by atoms with E-state index in [1.807, 2.05) is 13.8 Å². The summed E-state index contributed by atoms with van der Waals surface area (Å²) in [6.07, 6.45) is 0. The summed E-state index contributed by atoms with van der Waals surface area (Å²) >= 11 is 0. The van der Waals surface area contributed by atoms with Crippen LogP contribution in [0.2, 0.25) is 0 Å². The predicted molar refractivity (Wildman–Crippen MR) is 137 cm³/mol. The number of rotatable bonds is 8. The van der Waals surface area contributed by atoms with Crippen LogP contribution in [0, 0.1) is 0 Å². The zero-order valence-electron chi connectivity index (χ0n) is 20.4. The first-order valence-corrected chi connectivity index (χ1v) is 12.8. The highest BCUT2D eigenvalue weighted by Gasteiger charge is 2.26. The van der Waals surface area contributed by atoms with Crippen molar-refractivity contribution >= 4 is 32.5 Å². The van der Waals surface area contributed by atoms with Crippen molar-refractivity contribution < 1.29 is 22.7 Å². The number of ether oxygens (including phenoxy) is 2. The fourth-order valence-electron chi connectivity index (χ4n) is 4.11. The normalized spacial score (nSPS) is 11.4. The highest BCUT2D eigenvalue weighted by molar-refractivity contribution is 7.91. The van der Waals surface area contributed by atoms with E-state index in [-0.39, 0.29) is 21.2 Å². The molecule has 0 saturated carbocycles. The molecule has 0 radical (unpaired) electrons. The van der Waals surface area contributed by atoms with E-state index in [9.17, 15) is 18.0 Å². The first-order valence-electron chi connectivity index (χ1n) is 11.4. The van der Waals surface area contributed by atoms with Crippen LogP contribution in [-0.4, -0.2) is 37.7 Å². The Morgan fingerprint density at radius 1 is 0.861 bits per heavy atom. The van der Waals surface area contributed by atoms with Gasteiger partial charge in [-0.2, -0.15) is 0 Å². The Kier molecular flexibility index (Phi) is 6.89. The van der Waals surface area contributed by atoms with Gasteiger partial charge in [0.05, 0.1) is 40.7 Å². The van der Waals surface area contributed by atoms with Crippen molar-refractivity contribution in [2.24, 2.45) is 0 Å². The third-order valence-electron chi connectivity index (χ3n) is 5.99. The maximum atomic E-state index is 13.8. The van der Waals surface area contributed by atoms with Crippen LogP contribution in [0.3, 0.4) is 0 Å². The molecule has 1 N–H and O–H groups in total. The molecule has 3 aromatic carbocycles. The summed E-state index contributed by atoms with van der Waals surface area (Å²) in [7, 11) is -1.10. The largest absolute Gasteiger partial charge is 0.497 e. The minimum Gasteiger partial charge on any atom is -0.497 e. The van der Waals surface area contributed by atoms with Gasteiger partial charge in [0.25, 0.3) is 5.91 Å². The molecule has 1 amide bonds. The average molecular weight is 510 g/mol. The van der Waals surface area contributed by atoms with Gasteiger partial charge in [0.15, 0.2) is 0 Å². The number of hydrogen-bond acceptors (Lipinski definition) is 6. The lowest BCUT2D eigenvalue weighted by Crippen LogP contribution is -2.23. The number of nitrogens with one attached hydrogen (secondary N) is 1. The summed E-state index contributed by atoms with van der Waals surface area (Å²) < 4.78 is 40.9. The summed E-state index contributed by atoms with van der Waals surface area (Å²) in [5.41, 5.74) is 1.11. The van der Waals surface area contributed by atoms with Crippen LogP contribution in [0.1, 0.15) is 24.2 Å². The van der Waals surface area contributed by atoms with Crippen LogP contribution in [0.5, 0.6) is 11.5 Å². The van der Waals surface area contributed by atoms with E-state index in [2.05, 4.69) is 5.32 Å². The molecule has 1 heterocycles. The minimum atomic E-state index is -4.08. The standard InChI is InChI=1S/C26H27N3O6S/c1-5-28-22-15-21(27-25(30)17-8-7-9-19(14-17)35-4)24(16-23(22)29(6-2)26(28)31)36(32,33)20-12-10-18(34-3)11-13-20/h7-16H,5-6H2,1-4H3,(H,27,30). The number of hydrogen-bond donors (Lipinski definition) is 1. The maximum Gasteiger partial charge on any atom is 0.329 e. The van der Waals surface area contributed by atoms with Gasteiger partial charge < -0.3 is 14.8 Å². The fraction of sp³-hybridized carbons (Fsp3) is 0.231. The van der Waals surface area contributed by atoms with Crippen LogP contribution < -0.4 is 20.5 Å². The maximum absolute atomic E-state index is 13.8. The minimum absolute atomic E-state index is 0.0276. The summed E-state index contributed by atoms with van der Waals surface area (Å²) in [6, 6.07) is 15.5. The molecule has 0 unspecified atom stereocenters. The van der Waals surface area contributed by atoms with Gasteiger partial charge in [-0.05, 0) is 68.4 Å². The second kappa shape index (κ2) is 9.90. The van der Waals surface area contributed by atoms with Crippen LogP contribution in [0.4, 0.5) is 5.69 Å². The quantitative estimate of drug-likeness (QED) is 0.385. The molecule has 0 fully saturated rings. The second-order valence-electron chi connectivity index (χ2n) is 7.97. The molecule has 0 atom stereocenters. The van der Waals surface area contributed by atoms with Gasteiger partial charge in [0, 0.05) is 18.7 Å². The van der Waals surface area contributed by atoms with Gasteiger partial charge in [0.1, 0.15) is 11.5 Å². The van der Waals surface area contributed by atoms with Crippen LogP contribution in [0.25, 0.3) is 11.0 Å². The Labute approximate surface area is 208 Å². The zero-order chi connectivity index (χ0) is 26.0. The lowest BCUT2D eigenvalue weighted by atomic mass is 10.2. The number of benzene rings is 3. The highest BCUT2D eigenvalue weighted by atomic mass is 32.2. The van der Waals surface area contributed by atoms with E-state index in [1.54, 1.807) is 47.0 Å². The molecule has 4 rings (SSSR count). The Bertz CT molecular complexity index is 1600. The molecular formula is C26H27N3O6S. The molecule has 9 nitrogen and oxygen atoms in total. The molecule has 0 bridgehead atoms. The number of fused-ring (bicyclic) bond motifs is 1. The van der Waals surface area contributed by atoms with E-state index in [4.69, 9.17) is 9.47 Å². The lowest BCUT2D eigenvalue weighted by molar-refractivity contribution is 0.102. The third kappa shape index (κ3) is 4.35. The number of aryl methyl sites for hydroxylation is 2. The Hall–Kier alpha value is -4.05. The molecular weight excluding hydrogens is 482 g/mol. The highest BCUT2D eigenvalue weighted by Crippen LogP contribution is 2.33. The SMILES string of the molecule is CCn1c(=O)n(CC)c2cc(S(=O)(=O)c3ccc(OC)cc3)c(NC(=O)c3cccc(OC)c3)cc21. The van der Waals surface area contributed by atoms with Crippen molar-refractivity contribution in [1.29, 1.82) is 0 Å². The number of nitrogens with zero attached hydrogens (tertiary/aromatic N) is 2. The Morgan fingerprint density at radius 3 is 2.06 bits per heavy atom. The summed E-state index contributed by atoms with van der Waals surface area (Å²) in [5.74, 6) is 0.486. The van der Waals surface area contributed by atoms with Crippen molar-refractivity contribution in [2.45, 2.75) is 36.7 Å². The van der Waals surface area contributed by atoms with E-state index < -0.39 is 15.7 Å². The molecule has 0 aliphatic heterocycles. The van der Waals surface area contributed by atoms with Gasteiger partial charge >= 0.3 is 5.69 Å². The van der Waals surface area contributed by atoms with E-state index in [0.717, 1.165) is 0 Å². The molecule has 36 heavy (non-hydrogen) atoms. The topological polar surface area (TPSA) is 109 Å². The molecule has 1 aromatic heterocycles. The zero-order valence-corrected chi connectivity index (χ0v) is 21.3. The summed E-state index contributed by atoms with van der Waals surface area (Å²) in [6.45, 7) is 4.39. The van der Waals surface area contributed by atoms with Crippen LogP contribution >= 0.6 is 0 Å². The molecule has 4 aromatic rings. The molecule has 10 heteroatoms. The number of sulfone groups is 1. The van der Waals surface area contributed by atoms with Crippen molar-refractivity contribution in [3.05, 3.63) is 76.7 Å². The van der Waals surface area contributed by atoms with E-state index >= 15 is 0 Å². The van der Waals surface area contributed by atoms with Gasteiger partial charge in [-0.15, -0.1) is 0 Å². The Morgan fingerprint density at radius 2 is 1.47 bits per heavy atom. The van der Waals surface area contributed by atoms with Crippen molar-refractivity contribution in [1.82, 2.24) is 9.13 Å². The summed E-state index contributed by atoms with van der Waals surface area (Å²) in [5, 5.41) is 2.74. The van der Waals surface area contributed by atoms with Gasteiger partial charge in [-0.3, -0.25) is 13.9 Å². The van der Waals surface area contributed by atoms with Crippen LogP contribution in [-0.2, 0) is 22.9 Å². The molecule has 0 aliphatic rings. The predicted octanol–water partition coefficient (Wildman–Crippen LogP) is 3.95. The average Bonchev–Trinajstić information content (AvgIpc) is 3.17. The number of amides is 1. The number of anilines is 1. The summed E-state index contributed by atoms with van der Waals surface area (Å²) in [4.78, 5) is 26.0. The second-order valence-corrected chi connectivity index (χ2v) is 9.89. The third-order valence-corrected chi connectivity index (χ3v) is 7.80. The molecule has 188 valence electrons. The first kappa shape index (κ1) is 25.1. The lowest BCUT2D eigenvalue weighted by Gasteiger charge is -2.14.